The van der Waals surface area contributed by atoms with Crippen LogP contribution in [0.1, 0.15) is 31.5 Å². The van der Waals surface area contributed by atoms with E-state index in [2.05, 4.69) is 21.9 Å². The molecule has 1 unspecified atom stereocenters. The molecule has 0 bridgehead atoms. The van der Waals surface area contributed by atoms with Gasteiger partial charge in [0.05, 0.1) is 0 Å². The summed E-state index contributed by atoms with van der Waals surface area (Å²) in [6.45, 7) is 5.68. The maximum atomic E-state index is 4.63. The highest BCUT2D eigenvalue weighted by Crippen LogP contribution is 2.24. The quantitative estimate of drug-likeness (QED) is 0.790. The first kappa shape index (κ1) is 10.7. The Kier molecular flexibility index (Phi) is 2.81. The van der Waals surface area contributed by atoms with Crippen molar-refractivity contribution in [2.24, 2.45) is 0 Å². The van der Waals surface area contributed by atoms with Crippen molar-refractivity contribution in [3.8, 4) is 0 Å². The van der Waals surface area contributed by atoms with Crippen molar-refractivity contribution < 1.29 is 0 Å². The van der Waals surface area contributed by atoms with Gasteiger partial charge in [0.1, 0.15) is 0 Å². The molecule has 0 spiro atoms. The average Bonchev–Trinajstić information content (AvgIpc) is 2.82. The van der Waals surface area contributed by atoms with Crippen molar-refractivity contribution in [2.75, 3.05) is 19.6 Å². The fraction of sp³-hybridized carbons (Fsp3) is 0.538. The molecule has 17 heavy (non-hydrogen) atoms. The van der Waals surface area contributed by atoms with Crippen molar-refractivity contribution in [2.45, 2.75) is 25.7 Å². The van der Waals surface area contributed by atoms with Gasteiger partial charge in [0.15, 0.2) is 11.5 Å². The first-order valence-corrected chi connectivity index (χ1v) is 6.40. The zero-order valence-corrected chi connectivity index (χ0v) is 10.2. The molecule has 2 aromatic rings. The summed E-state index contributed by atoms with van der Waals surface area (Å²) in [7, 11) is 0. The lowest BCUT2D eigenvalue weighted by Gasteiger charge is -2.30. The summed E-state index contributed by atoms with van der Waals surface area (Å²) in [4.78, 5) is 7.12. The lowest BCUT2D eigenvalue weighted by Crippen LogP contribution is -2.34. The highest BCUT2D eigenvalue weighted by molar-refractivity contribution is 5.36. The maximum absolute atomic E-state index is 4.63. The van der Waals surface area contributed by atoms with Gasteiger partial charge in [-0.2, -0.15) is 5.10 Å². The molecule has 0 saturated carbocycles. The van der Waals surface area contributed by atoms with E-state index in [0.29, 0.717) is 5.92 Å². The van der Waals surface area contributed by atoms with Crippen molar-refractivity contribution in [1.29, 1.82) is 0 Å². The SMILES string of the molecule is CCN1CCCC(c2nc3ccccn3n2)C1. The smallest absolute Gasteiger partial charge is 0.156 e. The molecule has 1 saturated heterocycles. The van der Waals surface area contributed by atoms with Crippen LogP contribution in [0.4, 0.5) is 0 Å². The molecule has 0 N–H and O–H groups in total. The Hall–Kier alpha value is -1.42. The molecule has 90 valence electrons. The van der Waals surface area contributed by atoms with Gasteiger partial charge < -0.3 is 4.90 Å². The second kappa shape index (κ2) is 4.45. The van der Waals surface area contributed by atoms with Crippen LogP contribution >= 0.6 is 0 Å². The Morgan fingerprint density at radius 2 is 2.35 bits per heavy atom. The van der Waals surface area contributed by atoms with Crippen LogP contribution in [-0.4, -0.2) is 39.1 Å². The molecule has 3 rings (SSSR count). The summed E-state index contributed by atoms with van der Waals surface area (Å²) in [6.07, 6.45) is 4.44. The first-order chi connectivity index (χ1) is 8.36. The molecule has 4 heteroatoms. The number of hydrogen-bond acceptors (Lipinski definition) is 3. The second-order valence-electron chi connectivity index (χ2n) is 4.71. The molecule has 1 atom stereocenters. The van der Waals surface area contributed by atoms with Crippen LogP contribution in [0.2, 0.25) is 0 Å². The molecule has 0 aliphatic carbocycles. The maximum Gasteiger partial charge on any atom is 0.156 e. The Bertz CT molecular complexity index is 472. The Labute approximate surface area is 101 Å². The van der Waals surface area contributed by atoms with Gasteiger partial charge in [-0.3, -0.25) is 0 Å². The molecular formula is C13H18N4. The largest absolute Gasteiger partial charge is 0.303 e. The second-order valence-corrected chi connectivity index (χ2v) is 4.71. The summed E-state index contributed by atoms with van der Waals surface area (Å²) in [6, 6.07) is 6.01. The van der Waals surface area contributed by atoms with Crippen LogP contribution in [0.5, 0.6) is 0 Å². The zero-order valence-electron chi connectivity index (χ0n) is 10.2. The Morgan fingerprint density at radius 3 is 3.18 bits per heavy atom. The molecule has 3 heterocycles. The van der Waals surface area contributed by atoms with Crippen LogP contribution in [0.25, 0.3) is 5.65 Å². The summed E-state index contributed by atoms with van der Waals surface area (Å²) in [5.74, 6) is 1.51. The van der Waals surface area contributed by atoms with Crippen LogP contribution in [-0.2, 0) is 0 Å². The fourth-order valence-corrected chi connectivity index (χ4v) is 2.58. The molecule has 1 aliphatic heterocycles. The van der Waals surface area contributed by atoms with E-state index in [-0.39, 0.29) is 0 Å². The van der Waals surface area contributed by atoms with E-state index in [9.17, 15) is 0 Å². The predicted molar refractivity (Wildman–Crippen MR) is 67.1 cm³/mol. The van der Waals surface area contributed by atoms with E-state index in [0.717, 1.165) is 24.6 Å². The van der Waals surface area contributed by atoms with Crippen molar-refractivity contribution in [3.63, 3.8) is 0 Å². The number of pyridine rings is 1. The zero-order chi connectivity index (χ0) is 11.7. The molecule has 0 radical (unpaired) electrons. The van der Waals surface area contributed by atoms with E-state index < -0.39 is 0 Å². The standard InChI is InChI=1S/C13H18N4/c1-2-16-8-5-6-11(10-16)13-14-12-7-3-4-9-17(12)15-13/h3-4,7,9,11H,2,5-6,8,10H2,1H3. The summed E-state index contributed by atoms with van der Waals surface area (Å²) < 4.78 is 1.88. The summed E-state index contributed by atoms with van der Waals surface area (Å²) in [5.41, 5.74) is 0.955. The van der Waals surface area contributed by atoms with Crippen molar-refractivity contribution in [3.05, 3.63) is 30.2 Å². The Morgan fingerprint density at radius 1 is 1.41 bits per heavy atom. The molecular weight excluding hydrogens is 212 g/mol. The minimum absolute atomic E-state index is 0.503. The van der Waals surface area contributed by atoms with E-state index in [1.807, 2.05) is 28.9 Å². The van der Waals surface area contributed by atoms with Gasteiger partial charge in [-0.25, -0.2) is 9.50 Å². The highest BCUT2D eigenvalue weighted by atomic mass is 15.3. The summed E-state index contributed by atoms with van der Waals surface area (Å²) >= 11 is 0. The Balaban J connectivity index is 1.87. The van der Waals surface area contributed by atoms with E-state index >= 15 is 0 Å². The lowest BCUT2D eigenvalue weighted by atomic mass is 9.97. The number of likely N-dealkylation sites (N-methyl/N-ethyl adjacent to an activating group) is 1. The monoisotopic (exact) mass is 230 g/mol. The number of aromatic nitrogens is 3. The van der Waals surface area contributed by atoms with Gasteiger partial charge in [0.2, 0.25) is 0 Å². The molecule has 2 aromatic heterocycles. The third-order valence-electron chi connectivity index (χ3n) is 3.58. The fourth-order valence-electron chi connectivity index (χ4n) is 2.58. The molecule has 1 fully saturated rings. The van der Waals surface area contributed by atoms with Crippen molar-refractivity contribution in [1.82, 2.24) is 19.5 Å². The average molecular weight is 230 g/mol. The third-order valence-corrected chi connectivity index (χ3v) is 3.58. The lowest BCUT2D eigenvalue weighted by molar-refractivity contribution is 0.214. The number of hydrogen-bond donors (Lipinski definition) is 0. The van der Waals surface area contributed by atoms with Crippen LogP contribution in [0.3, 0.4) is 0 Å². The van der Waals surface area contributed by atoms with E-state index in [1.54, 1.807) is 0 Å². The predicted octanol–water partition coefficient (Wildman–Crippen LogP) is 1.93. The van der Waals surface area contributed by atoms with Crippen LogP contribution < -0.4 is 0 Å². The minimum Gasteiger partial charge on any atom is -0.303 e. The number of piperidine rings is 1. The number of rotatable bonds is 2. The van der Waals surface area contributed by atoms with Crippen LogP contribution in [0.15, 0.2) is 24.4 Å². The topological polar surface area (TPSA) is 33.4 Å². The van der Waals surface area contributed by atoms with Gasteiger partial charge >= 0.3 is 0 Å². The molecule has 4 nitrogen and oxygen atoms in total. The van der Waals surface area contributed by atoms with E-state index in [1.165, 1.54) is 19.4 Å². The van der Waals surface area contributed by atoms with Gasteiger partial charge in [0, 0.05) is 18.7 Å². The normalized spacial score (nSPS) is 22.1. The molecule has 1 aliphatic rings. The molecule has 0 aromatic carbocycles. The van der Waals surface area contributed by atoms with Gasteiger partial charge in [-0.1, -0.05) is 13.0 Å². The number of fused-ring (bicyclic) bond motifs is 1. The van der Waals surface area contributed by atoms with Crippen molar-refractivity contribution >= 4 is 5.65 Å². The van der Waals surface area contributed by atoms with Gasteiger partial charge in [-0.05, 0) is 38.1 Å². The third kappa shape index (κ3) is 2.05. The van der Waals surface area contributed by atoms with Crippen LogP contribution in [0, 0.1) is 0 Å². The van der Waals surface area contributed by atoms with Gasteiger partial charge in [0.25, 0.3) is 0 Å². The number of likely N-dealkylation sites (tertiary alicyclic amines) is 1. The molecule has 0 amide bonds. The summed E-state index contributed by atoms with van der Waals surface area (Å²) in [5, 5.41) is 4.58. The minimum atomic E-state index is 0.503. The van der Waals surface area contributed by atoms with Gasteiger partial charge in [-0.15, -0.1) is 0 Å². The first-order valence-electron chi connectivity index (χ1n) is 6.40. The number of nitrogens with zero attached hydrogens (tertiary/aromatic N) is 4. The highest BCUT2D eigenvalue weighted by Gasteiger charge is 2.23. The van der Waals surface area contributed by atoms with E-state index in [4.69, 9.17) is 0 Å².